The SMILES string of the molecule is CC(C)(C)OC(=O)Nc1ncc(-c2ccc(N)nc2)s1. The van der Waals surface area contributed by atoms with E-state index in [1.54, 1.807) is 39.2 Å². The van der Waals surface area contributed by atoms with Crippen molar-refractivity contribution in [1.82, 2.24) is 9.97 Å². The van der Waals surface area contributed by atoms with Gasteiger partial charge < -0.3 is 10.5 Å². The highest BCUT2D eigenvalue weighted by molar-refractivity contribution is 7.19. The molecular formula is C13H16N4O2S. The second-order valence-electron chi connectivity index (χ2n) is 5.13. The van der Waals surface area contributed by atoms with Gasteiger partial charge in [-0.15, -0.1) is 0 Å². The van der Waals surface area contributed by atoms with Crippen LogP contribution in [-0.4, -0.2) is 21.7 Å². The number of carbonyl (C=O) groups is 1. The Morgan fingerprint density at radius 2 is 2.05 bits per heavy atom. The van der Waals surface area contributed by atoms with E-state index in [2.05, 4.69) is 15.3 Å². The molecule has 20 heavy (non-hydrogen) atoms. The summed E-state index contributed by atoms with van der Waals surface area (Å²) in [5, 5.41) is 3.08. The highest BCUT2D eigenvalue weighted by Gasteiger charge is 2.17. The van der Waals surface area contributed by atoms with Gasteiger partial charge in [0.2, 0.25) is 0 Å². The van der Waals surface area contributed by atoms with Crippen LogP contribution in [0.2, 0.25) is 0 Å². The fraction of sp³-hybridized carbons (Fsp3) is 0.308. The number of amides is 1. The molecule has 0 aliphatic carbocycles. The molecule has 0 saturated carbocycles. The van der Waals surface area contributed by atoms with E-state index in [9.17, 15) is 4.79 Å². The molecule has 0 radical (unpaired) electrons. The van der Waals surface area contributed by atoms with Crippen LogP contribution >= 0.6 is 11.3 Å². The standard InChI is InChI=1S/C13H16N4O2S/c1-13(2,3)19-12(18)17-11-16-7-9(20-11)8-4-5-10(14)15-6-8/h4-7H,1-3H3,(H2,14,15)(H,16,17,18). The number of aromatic nitrogens is 2. The molecule has 106 valence electrons. The Morgan fingerprint density at radius 1 is 1.30 bits per heavy atom. The molecule has 0 aliphatic rings. The van der Waals surface area contributed by atoms with Crippen LogP contribution in [0.15, 0.2) is 24.5 Å². The van der Waals surface area contributed by atoms with Crippen molar-refractivity contribution in [2.75, 3.05) is 11.1 Å². The largest absolute Gasteiger partial charge is 0.444 e. The molecule has 0 spiro atoms. The number of hydrogen-bond donors (Lipinski definition) is 2. The average Bonchev–Trinajstić information content (AvgIpc) is 2.75. The molecule has 0 fully saturated rings. The van der Waals surface area contributed by atoms with Gasteiger partial charge in [0.15, 0.2) is 5.13 Å². The minimum absolute atomic E-state index is 0.463. The summed E-state index contributed by atoms with van der Waals surface area (Å²) in [6.45, 7) is 5.42. The third kappa shape index (κ3) is 3.92. The van der Waals surface area contributed by atoms with Crippen molar-refractivity contribution in [2.24, 2.45) is 0 Å². The van der Waals surface area contributed by atoms with E-state index in [0.717, 1.165) is 10.4 Å². The van der Waals surface area contributed by atoms with Gasteiger partial charge in [0.25, 0.3) is 0 Å². The number of nitrogen functional groups attached to an aromatic ring is 1. The monoisotopic (exact) mass is 292 g/mol. The Labute approximate surface area is 121 Å². The fourth-order valence-electron chi connectivity index (χ4n) is 1.41. The smallest absolute Gasteiger partial charge is 0.413 e. The molecule has 0 unspecified atom stereocenters. The lowest BCUT2D eigenvalue weighted by molar-refractivity contribution is 0.0636. The molecule has 0 saturated heterocycles. The number of anilines is 2. The number of carbonyl (C=O) groups excluding carboxylic acids is 1. The van der Waals surface area contributed by atoms with Crippen molar-refractivity contribution in [3.05, 3.63) is 24.5 Å². The third-order valence-corrected chi connectivity index (χ3v) is 3.15. The zero-order valence-corrected chi connectivity index (χ0v) is 12.3. The Balaban J connectivity index is 2.06. The summed E-state index contributed by atoms with van der Waals surface area (Å²) < 4.78 is 5.16. The van der Waals surface area contributed by atoms with Gasteiger partial charge in [-0.2, -0.15) is 0 Å². The summed E-state index contributed by atoms with van der Waals surface area (Å²) in [5.41, 5.74) is 5.90. The summed E-state index contributed by atoms with van der Waals surface area (Å²) >= 11 is 1.34. The van der Waals surface area contributed by atoms with E-state index < -0.39 is 11.7 Å². The van der Waals surface area contributed by atoms with Crippen LogP contribution in [0.5, 0.6) is 0 Å². The molecule has 7 heteroatoms. The molecule has 1 amide bonds. The van der Waals surface area contributed by atoms with Crippen LogP contribution in [-0.2, 0) is 4.74 Å². The molecule has 0 aliphatic heterocycles. The van der Waals surface area contributed by atoms with E-state index in [4.69, 9.17) is 10.5 Å². The Kier molecular flexibility index (Phi) is 3.89. The van der Waals surface area contributed by atoms with Gasteiger partial charge in [-0.25, -0.2) is 14.8 Å². The number of nitrogens with two attached hydrogens (primary N) is 1. The molecule has 0 atom stereocenters. The van der Waals surface area contributed by atoms with Gasteiger partial charge in [-0.3, -0.25) is 5.32 Å². The molecule has 2 heterocycles. The summed E-state index contributed by atoms with van der Waals surface area (Å²) in [6.07, 6.45) is 2.82. The summed E-state index contributed by atoms with van der Waals surface area (Å²) in [6, 6.07) is 3.57. The highest BCUT2D eigenvalue weighted by atomic mass is 32.1. The van der Waals surface area contributed by atoms with Gasteiger partial charge in [0.1, 0.15) is 11.4 Å². The fourth-order valence-corrected chi connectivity index (χ4v) is 2.20. The van der Waals surface area contributed by atoms with Crippen LogP contribution in [0.25, 0.3) is 10.4 Å². The van der Waals surface area contributed by atoms with Crippen LogP contribution in [0, 0.1) is 0 Å². The third-order valence-electron chi connectivity index (χ3n) is 2.18. The number of rotatable bonds is 2. The van der Waals surface area contributed by atoms with Gasteiger partial charge in [-0.05, 0) is 32.9 Å². The van der Waals surface area contributed by atoms with Crippen LogP contribution in [0.4, 0.5) is 15.7 Å². The topological polar surface area (TPSA) is 90.1 Å². The second-order valence-corrected chi connectivity index (χ2v) is 6.16. The number of nitrogens with one attached hydrogen (secondary N) is 1. The number of pyridine rings is 1. The zero-order valence-electron chi connectivity index (χ0n) is 11.5. The minimum Gasteiger partial charge on any atom is -0.444 e. The molecular weight excluding hydrogens is 276 g/mol. The highest BCUT2D eigenvalue weighted by Crippen LogP contribution is 2.28. The number of hydrogen-bond acceptors (Lipinski definition) is 6. The quantitative estimate of drug-likeness (QED) is 0.887. The lowest BCUT2D eigenvalue weighted by Crippen LogP contribution is -2.27. The Bertz CT molecular complexity index is 602. The zero-order chi connectivity index (χ0) is 14.8. The van der Waals surface area contributed by atoms with Gasteiger partial charge >= 0.3 is 6.09 Å². The number of ether oxygens (including phenoxy) is 1. The van der Waals surface area contributed by atoms with E-state index in [1.807, 2.05) is 6.07 Å². The average molecular weight is 292 g/mol. The predicted molar refractivity (Wildman–Crippen MR) is 79.6 cm³/mol. The maximum absolute atomic E-state index is 11.6. The molecule has 3 N–H and O–H groups in total. The van der Waals surface area contributed by atoms with Crippen molar-refractivity contribution in [3.63, 3.8) is 0 Å². The summed E-state index contributed by atoms with van der Waals surface area (Å²) in [7, 11) is 0. The normalized spacial score (nSPS) is 11.2. The van der Waals surface area contributed by atoms with Crippen molar-refractivity contribution in [2.45, 2.75) is 26.4 Å². The molecule has 0 aromatic carbocycles. The van der Waals surface area contributed by atoms with Crippen molar-refractivity contribution < 1.29 is 9.53 Å². The lowest BCUT2D eigenvalue weighted by atomic mass is 10.2. The van der Waals surface area contributed by atoms with E-state index in [0.29, 0.717) is 10.9 Å². The molecule has 2 rings (SSSR count). The molecule has 0 bridgehead atoms. The van der Waals surface area contributed by atoms with Gasteiger partial charge in [0, 0.05) is 18.0 Å². The molecule has 2 aromatic rings. The first kappa shape index (κ1) is 14.3. The molecule has 6 nitrogen and oxygen atoms in total. The molecule has 2 aromatic heterocycles. The maximum atomic E-state index is 11.6. The summed E-state index contributed by atoms with van der Waals surface area (Å²) in [4.78, 5) is 20.7. The minimum atomic E-state index is -0.537. The van der Waals surface area contributed by atoms with Crippen molar-refractivity contribution in [1.29, 1.82) is 0 Å². The van der Waals surface area contributed by atoms with Crippen LogP contribution < -0.4 is 11.1 Å². The van der Waals surface area contributed by atoms with E-state index >= 15 is 0 Å². The Hall–Kier alpha value is -2.15. The van der Waals surface area contributed by atoms with Crippen LogP contribution in [0.3, 0.4) is 0 Å². The predicted octanol–water partition coefficient (Wildman–Crippen LogP) is 3.13. The van der Waals surface area contributed by atoms with Crippen molar-refractivity contribution >= 4 is 28.4 Å². The number of thiazole rings is 1. The van der Waals surface area contributed by atoms with E-state index in [1.165, 1.54) is 11.3 Å². The first-order chi connectivity index (χ1) is 9.33. The van der Waals surface area contributed by atoms with Gasteiger partial charge in [0.05, 0.1) is 4.88 Å². The van der Waals surface area contributed by atoms with E-state index in [-0.39, 0.29) is 0 Å². The lowest BCUT2D eigenvalue weighted by Gasteiger charge is -2.18. The Morgan fingerprint density at radius 3 is 2.65 bits per heavy atom. The first-order valence-electron chi connectivity index (χ1n) is 6.01. The second kappa shape index (κ2) is 5.46. The maximum Gasteiger partial charge on any atom is 0.413 e. The van der Waals surface area contributed by atoms with Crippen LogP contribution in [0.1, 0.15) is 20.8 Å². The number of nitrogens with zero attached hydrogens (tertiary/aromatic N) is 2. The summed E-state index contributed by atoms with van der Waals surface area (Å²) in [5.74, 6) is 0.463. The van der Waals surface area contributed by atoms with Gasteiger partial charge in [-0.1, -0.05) is 11.3 Å². The first-order valence-corrected chi connectivity index (χ1v) is 6.83. The van der Waals surface area contributed by atoms with Crippen molar-refractivity contribution in [3.8, 4) is 10.4 Å².